The van der Waals surface area contributed by atoms with Gasteiger partial charge in [0, 0.05) is 25.3 Å². The van der Waals surface area contributed by atoms with E-state index in [-0.39, 0.29) is 42.2 Å². The first-order valence-corrected chi connectivity index (χ1v) is 12.5. The molecule has 7 heteroatoms. The van der Waals surface area contributed by atoms with Gasteiger partial charge in [0.25, 0.3) is 0 Å². The number of ketones is 1. The number of ether oxygens (including phenoxy) is 1. The maximum absolute atomic E-state index is 12.2. The molecular weight excluding hydrogens is 416 g/mol. The predicted octanol–water partition coefficient (Wildman–Crippen LogP) is 3.91. The Labute approximate surface area is 191 Å². The Balaban J connectivity index is 1.65. The molecule has 31 heavy (non-hydrogen) atoms. The lowest BCUT2D eigenvalue weighted by Gasteiger charge is -2.27. The largest absolute Gasteiger partial charge is 0.374 e. The number of unbranched alkanes of at least 4 members (excludes halogenated alkanes) is 4. The van der Waals surface area contributed by atoms with Crippen LogP contribution in [0.1, 0.15) is 77.6 Å². The van der Waals surface area contributed by atoms with E-state index in [1.165, 1.54) is 0 Å². The Morgan fingerprint density at radius 2 is 1.71 bits per heavy atom. The van der Waals surface area contributed by atoms with Crippen molar-refractivity contribution in [3.63, 3.8) is 0 Å². The predicted molar refractivity (Wildman–Crippen MR) is 123 cm³/mol. The number of carbonyl (C=O) groups is 3. The summed E-state index contributed by atoms with van der Waals surface area (Å²) in [6, 6.07) is 0. The molecule has 2 fully saturated rings. The van der Waals surface area contributed by atoms with Crippen LogP contribution in [-0.2, 0) is 19.1 Å². The molecule has 6 nitrogen and oxygen atoms in total. The molecule has 0 unspecified atom stereocenters. The molecule has 2 aliphatic heterocycles. The molecule has 2 heterocycles. The lowest BCUT2D eigenvalue weighted by molar-refractivity contribution is -0.126. The van der Waals surface area contributed by atoms with Gasteiger partial charge in [0.2, 0.25) is 11.8 Å². The van der Waals surface area contributed by atoms with E-state index in [0.29, 0.717) is 31.2 Å². The van der Waals surface area contributed by atoms with E-state index in [4.69, 9.17) is 16.3 Å². The number of hydrogen-bond acceptors (Lipinski definition) is 4. The summed E-state index contributed by atoms with van der Waals surface area (Å²) in [7, 11) is 0. The summed E-state index contributed by atoms with van der Waals surface area (Å²) in [6.45, 7) is 2.77. The van der Waals surface area contributed by atoms with Crippen molar-refractivity contribution in [2.45, 2.75) is 89.8 Å². The van der Waals surface area contributed by atoms with E-state index < -0.39 is 0 Å². The molecule has 2 bridgehead atoms. The number of nitrogens with one attached hydrogen (secondary N) is 2. The summed E-state index contributed by atoms with van der Waals surface area (Å²) in [6.07, 6.45) is 14.9. The summed E-state index contributed by atoms with van der Waals surface area (Å²) in [5.74, 6) is 0.735. The SMILES string of the molecule is CCCCCCC(=O)NCC(=O)NC[C@@H]1[C@H](CC=CCCCC(=O)CCl)[C@@H]2CC[C@@H]1O2. The third-order valence-corrected chi connectivity index (χ3v) is 6.68. The van der Waals surface area contributed by atoms with Gasteiger partial charge in [-0.3, -0.25) is 14.4 Å². The first kappa shape index (κ1) is 25.9. The van der Waals surface area contributed by atoms with E-state index in [2.05, 4.69) is 29.7 Å². The second-order valence-electron chi connectivity index (χ2n) is 8.78. The zero-order valence-corrected chi connectivity index (χ0v) is 19.6. The average molecular weight is 455 g/mol. The zero-order chi connectivity index (χ0) is 22.5. The highest BCUT2D eigenvalue weighted by molar-refractivity contribution is 6.27. The monoisotopic (exact) mass is 454 g/mol. The summed E-state index contributed by atoms with van der Waals surface area (Å²) in [5, 5.41) is 5.71. The van der Waals surface area contributed by atoms with Gasteiger partial charge in [0.15, 0.2) is 0 Å². The lowest BCUT2D eigenvalue weighted by atomic mass is 9.77. The van der Waals surface area contributed by atoms with Gasteiger partial charge in [-0.05, 0) is 44.4 Å². The minimum absolute atomic E-state index is 0.0415. The van der Waals surface area contributed by atoms with Crippen LogP contribution in [0.15, 0.2) is 12.2 Å². The molecule has 2 rings (SSSR count). The van der Waals surface area contributed by atoms with Gasteiger partial charge in [-0.15, -0.1) is 11.6 Å². The van der Waals surface area contributed by atoms with Crippen LogP contribution in [0, 0.1) is 11.8 Å². The van der Waals surface area contributed by atoms with Crippen LogP contribution in [0.25, 0.3) is 0 Å². The molecule has 176 valence electrons. The number of rotatable bonds is 16. The number of allylic oxidation sites excluding steroid dienone is 2. The average Bonchev–Trinajstić information content (AvgIpc) is 3.37. The molecule has 4 atom stereocenters. The summed E-state index contributed by atoms with van der Waals surface area (Å²) < 4.78 is 6.10. The highest BCUT2D eigenvalue weighted by Crippen LogP contribution is 2.44. The van der Waals surface area contributed by atoms with Gasteiger partial charge < -0.3 is 15.4 Å². The van der Waals surface area contributed by atoms with Gasteiger partial charge >= 0.3 is 0 Å². The minimum Gasteiger partial charge on any atom is -0.374 e. The Morgan fingerprint density at radius 3 is 2.45 bits per heavy atom. The first-order valence-electron chi connectivity index (χ1n) is 12.0. The molecule has 0 aromatic heterocycles. The molecule has 2 amide bonds. The third kappa shape index (κ3) is 9.32. The smallest absolute Gasteiger partial charge is 0.239 e. The highest BCUT2D eigenvalue weighted by atomic mass is 35.5. The van der Waals surface area contributed by atoms with Gasteiger partial charge in [-0.25, -0.2) is 0 Å². The Kier molecular flexibility index (Phi) is 12.2. The van der Waals surface area contributed by atoms with Crippen molar-refractivity contribution in [2.75, 3.05) is 19.0 Å². The topological polar surface area (TPSA) is 84.5 Å². The third-order valence-electron chi connectivity index (χ3n) is 6.38. The fraction of sp³-hybridized carbons (Fsp3) is 0.792. The van der Waals surface area contributed by atoms with Crippen molar-refractivity contribution in [3.05, 3.63) is 12.2 Å². The molecule has 2 saturated heterocycles. The van der Waals surface area contributed by atoms with E-state index in [1.54, 1.807) is 0 Å². The Morgan fingerprint density at radius 1 is 0.935 bits per heavy atom. The Hall–Kier alpha value is -1.40. The van der Waals surface area contributed by atoms with Crippen molar-refractivity contribution in [3.8, 4) is 0 Å². The summed E-state index contributed by atoms with van der Waals surface area (Å²) in [4.78, 5) is 35.3. The van der Waals surface area contributed by atoms with Crippen LogP contribution in [0.4, 0.5) is 0 Å². The van der Waals surface area contributed by atoms with Crippen LogP contribution in [0.2, 0.25) is 0 Å². The molecular formula is C24H39ClN2O4. The quantitative estimate of drug-likeness (QED) is 0.210. The van der Waals surface area contributed by atoms with Crippen molar-refractivity contribution in [1.82, 2.24) is 10.6 Å². The van der Waals surface area contributed by atoms with E-state index in [9.17, 15) is 14.4 Å². The first-order chi connectivity index (χ1) is 15.0. The van der Waals surface area contributed by atoms with Crippen LogP contribution >= 0.6 is 11.6 Å². The molecule has 0 saturated carbocycles. The fourth-order valence-electron chi connectivity index (χ4n) is 4.61. The number of halogens is 1. The van der Waals surface area contributed by atoms with E-state index in [0.717, 1.165) is 57.8 Å². The van der Waals surface area contributed by atoms with Gasteiger partial charge in [0.1, 0.15) is 5.78 Å². The number of carbonyl (C=O) groups excluding carboxylic acids is 3. The van der Waals surface area contributed by atoms with Crippen LogP contribution in [0.3, 0.4) is 0 Å². The molecule has 0 aromatic rings. The number of Topliss-reactive ketones (excluding diaryl/α,β-unsaturated/α-hetero) is 1. The maximum atomic E-state index is 12.2. The number of hydrogen-bond donors (Lipinski definition) is 2. The van der Waals surface area contributed by atoms with E-state index in [1.807, 2.05) is 0 Å². The van der Waals surface area contributed by atoms with Gasteiger partial charge in [-0.2, -0.15) is 0 Å². The molecule has 2 aliphatic rings. The second kappa shape index (κ2) is 14.6. The summed E-state index contributed by atoms with van der Waals surface area (Å²) >= 11 is 5.52. The van der Waals surface area contributed by atoms with Crippen molar-refractivity contribution < 1.29 is 19.1 Å². The van der Waals surface area contributed by atoms with Gasteiger partial charge in [-0.1, -0.05) is 38.3 Å². The molecule has 2 N–H and O–H groups in total. The fourth-order valence-corrected chi connectivity index (χ4v) is 4.74. The summed E-state index contributed by atoms with van der Waals surface area (Å²) in [5.41, 5.74) is 0. The van der Waals surface area contributed by atoms with Crippen molar-refractivity contribution in [1.29, 1.82) is 0 Å². The molecule has 0 radical (unpaired) electrons. The minimum atomic E-state index is -0.136. The lowest BCUT2D eigenvalue weighted by Crippen LogP contribution is -2.42. The van der Waals surface area contributed by atoms with Crippen LogP contribution in [0.5, 0.6) is 0 Å². The normalized spacial score (nSPS) is 24.6. The molecule has 0 aliphatic carbocycles. The van der Waals surface area contributed by atoms with Gasteiger partial charge in [0.05, 0.1) is 24.6 Å². The standard InChI is InChI=1S/C24H39ClN2O4/c1-2-3-4-9-12-23(29)27-17-24(30)26-16-20-19(21-13-14-22(20)31-21)11-8-6-5-7-10-18(28)15-25/h6,8,19-22H,2-5,7,9-17H2,1H3,(H,26,30)(H,27,29)/t19-,20+,21-,22-/m0/s1. The zero-order valence-electron chi connectivity index (χ0n) is 18.9. The van der Waals surface area contributed by atoms with Crippen molar-refractivity contribution >= 4 is 29.2 Å². The number of amides is 2. The molecule has 0 aromatic carbocycles. The number of fused-ring (bicyclic) bond motifs is 2. The van der Waals surface area contributed by atoms with Crippen LogP contribution < -0.4 is 10.6 Å². The molecule has 0 spiro atoms. The van der Waals surface area contributed by atoms with E-state index >= 15 is 0 Å². The van der Waals surface area contributed by atoms with Crippen molar-refractivity contribution in [2.24, 2.45) is 11.8 Å². The Bertz CT molecular complexity index is 610. The second-order valence-corrected chi connectivity index (χ2v) is 9.05. The number of alkyl halides is 1. The highest BCUT2D eigenvalue weighted by Gasteiger charge is 2.47. The maximum Gasteiger partial charge on any atom is 0.239 e. The van der Waals surface area contributed by atoms with Crippen LogP contribution in [-0.4, -0.2) is 48.8 Å².